The van der Waals surface area contributed by atoms with Crippen molar-refractivity contribution in [3.63, 3.8) is 0 Å². The maximum Gasteiger partial charge on any atom is 0.113 e. The van der Waals surface area contributed by atoms with Crippen LogP contribution in [-0.4, -0.2) is 14.8 Å². The van der Waals surface area contributed by atoms with E-state index in [-0.39, 0.29) is 17.9 Å². The van der Waals surface area contributed by atoms with Crippen molar-refractivity contribution < 1.29 is 0 Å². The van der Waals surface area contributed by atoms with Gasteiger partial charge < -0.3 is 5.73 Å². The third-order valence-electron chi connectivity index (χ3n) is 3.72. The predicted molar refractivity (Wildman–Crippen MR) is 80.6 cm³/mol. The third kappa shape index (κ3) is 2.55. The second kappa shape index (κ2) is 5.23. The standard InChI is InChI=1S/C13H18N4S.ClH/c1-9-10(7-17(2)16-9)11-8-18-12(15-11)13(14)5-3-4-6-13;/h7-8H,3-6,14H2,1-2H3;1H. The van der Waals surface area contributed by atoms with Crippen LogP contribution in [0.4, 0.5) is 0 Å². The molecule has 2 N–H and O–H groups in total. The first kappa shape index (κ1) is 14.5. The highest BCUT2D eigenvalue weighted by Crippen LogP contribution is 2.39. The molecule has 0 bridgehead atoms. The summed E-state index contributed by atoms with van der Waals surface area (Å²) in [4.78, 5) is 4.75. The molecular weight excluding hydrogens is 280 g/mol. The first-order valence-electron chi connectivity index (χ1n) is 6.34. The Balaban J connectivity index is 0.00000133. The Morgan fingerprint density at radius 3 is 2.63 bits per heavy atom. The molecule has 0 aliphatic heterocycles. The molecule has 0 spiro atoms. The van der Waals surface area contributed by atoms with Crippen LogP contribution in [0.1, 0.15) is 36.4 Å². The zero-order valence-electron chi connectivity index (χ0n) is 11.2. The largest absolute Gasteiger partial charge is 0.319 e. The zero-order valence-corrected chi connectivity index (χ0v) is 12.9. The summed E-state index contributed by atoms with van der Waals surface area (Å²) in [6.07, 6.45) is 6.58. The molecule has 0 atom stereocenters. The van der Waals surface area contributed by atoms with Gasteiger partial charge in [0, 0.05) is 24.2 Å². The first-order valence-corrected chi connectivity index (χ1v) is 7.22. The molecule has 2 heterocycles. The topological polar surface area (TPSA) is 56.7 Å². The summed E-state index contributed by atoms with van der Waals surface area (Å²) in [5.41, 5.74) is 9.40. The molecule has 104 valence electrons. The average molecular weight is 299 g/mol. The van der Waals surface area contributed by atoms with Gasteiger partial charge in [-0.15, -0.1) is 23.7 Å². The molecule has 0 aromatic carbocycles. The van der Waals surface area contributed by atoms with E-state index in [1.807, 2.05) is 24.9 Å². The lowest BCUT2D eigenvalue weighted by molar-refractivity contribution is 0.459. The number of aryl methyl sites for hydroxylation is 2. The lowest BCUT2D eigenvalue weighted by Gasteiger charge is -2.19. The molecule has 0 saturated heterocycles. The van der Waals surface area contributed by atoms with E-state index in [1.54, 1.807) is 11.3 Å². The number of aromatic nitrogens is 3. The number of nitrogens with zero attached hydrogens (tertiary/aromatic N) is 3. The summed E-state index contributed by atoms with van der Waals surface area (Å²) in [7, 11) is 1.94. The van der Waals surface area contributed by atoms with Crippen LogP contribution in [0, 0.1) is 6.92 Å². The molecule has 0 unspecified atom stereocenters. The van der Waals surface area contributed by atoms with Crippen molar-refractivity contribution in [1.29, 1.82) is 0 Å². The third-order valence-corrected chi connectivity index (χ3v) is 4.78. The van der Waals surface area contributed by atoms with Crippen LogP contribution in [0.25, 0.3) is 11.3 Å². The molecule has 2 aromatic heterocycles. The molecule has 1 saturated carbocycles. The van der Waals surface area contributed by atoms with Crippen LogP contribution >= 0.6 is 23.7 Å². The Morgan fingerprint density at radius 1 is 1.37 bits per heavy atom. The highest BCUT2D eigenvalue weighted by molar-refractivity contribution is 7.10. The summed E-state index contributed by atoms with van der Waals surface area (Å²) >= 11 is 1.69. The molecule has 6 heteroatoms. The van der Waals surface area contributed by atoms with Crippen LogP contribution in [-0.2, 0) is 12.6 Å². The van der Waals surface area contributed by atoms with Crippen LogP contribution in [0.2, 0.25) is 0 Å². The summed E-state index contributed by atoms with van der Waals surface area (Å²) in [6.45, 7) is 2.02. The average Bonchev–Trinajstić information content (AvgIpc) is 2.99. The van der Waals surface area contributed by atoms with E-state index >= 15 is 0 Å². The highest BCUT2D eigenvalue weighted by atomic mass is 35.5. The van der Waals surface area contributed by atoms with E-state index in [1.165, 1.54) is 12.8 Å². The Labute approximate surface area is 123 Å². The van der Waals surface area contributed by atoms with Crippen molar-refractivity contribution in [2.75, 3.05) is 0 Å². The van der Waals surface area contributed by atoms with Crippen molar-refractivity contribution >= 4 is 23.7 Å². The number of rotatable bonds is 2. The summed E-state index contributed by atoms with van der Waals surface area (Å²) in [6, 6.07) is 0. The quantitative estimate of drug-likeness (QED) is 0.927. The number of hydrogen-bond donors (Lipinski definition) is 1. The minimum absolute atomic E-state index is 0. The van der Waals surface area contributed by atoms with Crippen molar-refractivity contribution in [2.45, 2.75) is 38.1 Å². The lowest BCUT2D eigenvalue weighted by Crippen LogP contribution is -2.32. The van der Waals surface area contributed by atoms with E-state index in [9.17, 15) is 0 Å². The number of nitrogens with two attached hydrogens (primary N) is 1. The van der Waals surface area contributed by atoms with E-state index in [2.05, 4.69) is 10.5 Å². The van der Waals surface area contributed by atoms with Gasteiger partial charge in [-0.3, -0.25) is 4.68 Å². The van der Waals surface area contributed by atoms with Gasteiger partial charge in [-0.1, -0.05) is 12.8 Å². The normalized spacial score (nSPS) is 17.4. The van der Waals surface area contributed by atoms with Gasteiger partial charge in [0.25, 0.3) is 0 Å². The van der Waals surface area contributed by atoms with Crippen molar-refractivity contribution in [3.8, 4) is 11.3 Å². The van der Waals surface area contributed by atoms with Crippen LogP contribution in [0.3, 0.4) is 0 Å². The Hall–Kier alpha value is -0.910. The van der Waals surface area contributed by atoms with Gasteiger partial charge in [0.15, 0.2) is 0 Å². The summed E-state index contributed by atoms with van der Waals surface area (Å²) in [5, 5.41) is 7.55. The van der Waals surface area contributed by atoms with Crippen LogP contribution in [0.15, 0.2) is 11.6 Å². The molecule has 4 nitrogen and oxygen atoms in total. The van der Waals surface area contributed by atoms with Gasteiger partial charge in [0.1, 0.15) is 5.01 Å². The van der Waals surface area contributed by atoms with Crippen LogP contribution in [0.5, 0.6) is 0 Å². The fraction of sp³-hybridized carbons (Fsp3) is 0.538. The van der Waals surface area contributed by atoms with Crippen LogP contribution < -0.4 is 5.73 Å². The van der Waals surface area contributed by atoms with E-state index in [0.717, 1.165) is 34.8 Å². The Kier molecular flexibility index (Phi) is 3.99. The van der Waals surface area contributed by atoms with Gasteiger partial charge in [-0.2, -0.15) is 5.10 Å². The van der Waals surface area contributed by atoms with Crippen molar-refractivity contribution in [1.82, 2.24) is 14.8 Å². The fourth-order valence-corrected chi connectivity index (χ4v) is 3.69. The molecule has 19 heavy (non-hydrogen) atoms. The van der Waals surface area contributed by atoms with E-state index < -0.39 is 0 Å². The number of halogens is 1. The number of hydrogen-bond acceptors (Lipinski definition) is 4. The fourth-order valence-electron chi connectivity index (χ4n) is 2.70. The SMILES string of the molecule is Cc1nn(C)cc1-c1csc(C2(N)CCCC2)n1.Cl. The Morgan fingerprint density at radius 2 is 2.05 bits per heavy atom. The minimum Gasteiger partial charge on any atom is -0.319 e. The van der Waals surface area contributed by atoms with E-state index in [4.69, 9.17) is 10.7 Å². The molecule has 3 rings (SSSR count). The van der Waals surface area contributed by atoms with Gasteiger partial charge in [0.05, 0.1) is 16.9 Å². The smallest absolute Gasteiger partial charge is 0.113 e. The maximum absolute atomic E-state index is 6.44. The monoisotopic (exact) mass is 298 g/mol. The Bertz CT molecular complexity index is 569. The highest BCUT2D eigenvalue weighted by Gasteiger charge is 2.34. The zero-order chi connectivity index (χ0) is 12.8. The minimum atomic E-state index is -0.182. The number of thiazole rings is 1. The molecule has 1 aliphatic rings. The molecule has 0 radical (unpaired) electrons. The van der Waals surface area contributed by atoms with Gasteiger partial charge in [-0.05, 0) is 19.8 Å². The first-order chi connectivity index (χ1) is 8.58. The molecule has 1 aliphatic carbocycles. The predicted octanol–water partition coefficient (Wildman–Crippen LogP) is 3.00. The second-order valence-electron chi connectivity index (χ2n) is 5.20. The lowest BCUT2D eigenvalue weighted by atomic mass is 10.0. The van der Waals surface area contributed by atoms with E-state index in [0.29, 0.717) is 0 Å². The maximum atomic E-state index is 6.44. The van der Waals surface area contributed by atoms with Gasteiger partial charge in [-0.25, -0.2) is 4.98 Å². The molecule has 0 amide bonds. The van der Waals surface area contributed by atoms with Crippen molar-refractivity contribution in [2.24, 2.45) is 12.8 Å². The summed E-state index contributed by atoms with van der Waals surface area (Å²) in [5.74, 6) is 0. The summed E-state index contributed by atoms with van der Waals surface area (Å²) < 4.78 is 1.83. The van der Waals surface area contributed by atoms with Gasteiger partial charge >= 0.3 is 0 Å². The molecule has 2 aromatic rings. The van der Waals surface area contributed by atoms with Crippen molar-refractivity contribution in [3.05, 3.63) is 22.3 Å². The van der Waals surface area contributed by atoms with Gasteiger partial charge in [0.2, 0.25) is 0 Å². The molecular formula is C13H19ClN4S. The second-order valence-corrected chi connectivity index (χ2v) is 6.06. The molecule has 1 fully saturated rings.